The van der Waals surface area contributed by atoms with Crippen molar-refractivity contribution < 1.29 is 14.7 Å². The van der Waals surface area contributed by atoms with E-state index in [1.807, 2.05) is 13.8 Å². The summed E-state index contributed by atoms with van der Waals surface area (Å²) < 4.78 is 0. The van der Waals surface area contributed by atoms with Crippen LogP contribution in [0.4, 0.5) is 5.69 Å². The Kier molecular flexibility index (Phi) is 6.16. The molecule has 1 aromatic rings. The number of carbonyl (C=O) groups is 2. The molecule has 0 aliphatic heterocycles. The van der Waals surface area contributed by atoms with Gasteiger partial charge in [-0.05, 0) is 43.0 Å². The Labute approximate surface area is 137 Å². The monoisotopic (exact) mass is 318 g/mol. The number of amides is 2. The van der Waals surface area contributed by atoms with Gasteiger partial charge in [0.05, 0.1) is 12.5 Å². The van der Waals surface area contributed by atoms with Gasteiger partial charge in [0.2, 0.25) is 5.91 Å². The van der Waals surface area contributed by atoms with E-state index in [0.29, 0.717) is 17.3 Å². The fourth-order valence-electron chi connectivity index (χ4n) is 2.68. The molecule has 126 valence electrons. The Hall–Kier alpha value is -1.88. The molecular weight excluding hydrogens is 292 g/mol. The van der Waals surface area contributed by atoms with Gasteiger partial charge in [0.1, 0.15) is 0 Å². The van der Waals surface area contributed by atoms with Gasteiger partial charge >= 0.3 is 0 Å². The summed E-state index contributed by atoms with van der Waals surface area (Å²) in [7, 11) is 0. The van der Waals surface area contributed by atoms with Crippen LogP contribution in [-0.2, 0) is 4.79 Å². The molecule has 1 fully saturated rings. The molecule has 23 heavy (non-hydrogen) atoms. The van der Waals surface area contributed by atoms with Gasteiger partial charge in [-0.2, -0.15) is 0 Å². The molecule has 1 aliphatic rings. The van der Waals surface area contributed by atoms with Crippen LogP contribution in [-0.4, -0.2) is 29.1 Å². The maximum atomic E-state index is 12.1. The van der Waals surface area contributed by atoms with Crippen LogP contribution < -0.4 is 10.6 Å². The van der Waals surface area contributed by atoms with Crippen molar-refractivity contribution in [2.45, 2.75) is 58.1 Å². The van der Waals surface area contributed by atoms with Crippen molar-refractivity contribution in [3.8, 4) is 0 Å². The van der Waals surface area contributed by atoms with Gasteiger partial charge in [-0.25, -0.2) is 0 Å². The molecule has 5 nitrogen and oxygen atoms in total. The van der Waals surface area contributed by atoms with Crippen molar-refractivity contribution >= 4 is 17.5 Å². The lowest BCUT2D eigenvalue weighted by Gasteiger charge is -2.14. The van der Waals surface area contributed by atoms with Gasteiger partial charge in [-0.3, -0.25) is 9.59 Å². The largest absolute Gasteiger partial charge is 0.392 e. The molecular formula is C18H26N2O3. The van der Waals surface area contributed by atoms with Gasteiger partial charge < -0.3 is 15.7 Å². The molecule has 1 aromatic carbocycles. The summed E-state index contributed by atoms with van der Waals surface area (Å²) in [6.07, 6.45) is 3.89. The molecule has 2 amide bonds. The number of rotatable bonds is 6. The summed E-state index contributed by atoms with van der Waals surface area (Å²) >= 11 is 0. The molecule has 3 N–H and O–H groups in total. The van der Waals surface area contributed by atoms with E-state index < -0.39 is 6.10 Å². The van der Waals surface area contributed by atoms with Crippen LogP contribution in [0.5, 0.6) is 0 Å². The molecule has 0 aromatic heterocycles. The van der Waals surface area contributed by atoms with Crippen LogP contribution in [0.2, 0.25) is 0 Å². The molecule has 5 heteroatoms. The van der Waals surface area contributed by atoms with Crippen LogP contribution in [0, 0.1) is 5.92 Å². The number of nitrogens with one attached hydrogen (secondary N) is 2. The Morgan fingerprint density at radius 2 is 1.78 bits per heavy atom. The molecule has 1 atom stereocenters. The zero-order valence-electron chi connectivity index (χ0n) is 13.8. The van der Waals surface area contributed by atoms with Crippen molar-refractivity contribution in [2.75, 3.05) is 5.32 Å². The second kappa shape index (κ2) is 8.11. The highest BCUT2D eigenvalue weighted by Crippen LogP contribution is 2.18. The number of carbonyl (C=O) groups excluding carboxylic acids is 2. The minimum atomic E-state index is -0.647. The molecule has 1 unspecified atom stereocenters. The molecule has 0 saturated heterocycles. The Bertz CT molecular complexity index is 534. The van der Waals surface area contributed by atoms with Crippen LogP contribution in [0.1, 0.15) is 56.3 Å². The molecule has 0 heterocycles. The summed E-state index contributed by atoms with van der Waals surface area (Å²) in [6.45, 7) is 3.74. The van der Waals surface area contributed by atoms with Crippen molar-refractivity contribution in [2.24, 2.45) is 5.92 Å². The van der Waals surface area contributed by atoms with Gasteiger partial charge in [0.25, 0.3) is 5.91 Å². The minimum Gasteiger partial charge on any atom is -0.392 e. The molecule has 1 aliphatic carbocycles. The van der Waals surface area contributed by atoms with Gasteiger partial charge in [-0.1, -0.05) is 26.7 Å². The summed E-state index contributed by atoms with van der Waals surface area (Å²) in [5, 5.41) is 15.5. The van der Waals surface area contributed by atoms with Crippen LogP contribution in [0.3, 0.4) is 0 Å². The minimum absolute atomic E-state index is 0.0439. The standard InChI is InChI=1S/C18H26N2O3/c1-12(2)16(21)11-17(22)19-15-9-7-13(8-10-15)18(23)20-14-5-3-4-6-14/h7-10,12,14,16,21H,3-6,11H2,1-2H3,(H,19,22)(H,20,23). The number of anilines is 1. The molecule has 2 rings (SSSR count). The number of benzene rings is 1. The lowest BCUT2D eigenvalue weighted by atomic mass is 10.0. The second-order valence-electron chi connectivity index (χ2n) is 6.60. The predicted octanol–water partition coefficient (Wildman–Crippen LogP) is 2.70. The quantitative estimate of drug-likeness (QED) is 0.754. The van der Waals surface area contributed by atoms with E-state index in [1.165, 1.54) is 12.8 Å². The van der Waals surface area contributed by atoms with Gasteiger partial charge in [0, 0.05) is 17.3 Å². The van der Waals surface area contributed by atoms with E-state index in [1.54, 1.807) is 24.3 Å². The number of hydrogen-bond acceptors (Lipinski definition) is 3. The zero-order valence-corrected chi connectivity index (χ0v) is 13.8. The lowest BCUT2D eigenvalue weighted by Crippen LogP contribution is -2.32. The van der Waals surface area contributed by atoms with Crippen LogP contribution in [0.15, 0.2) is 24.3 Å². The molecule has 1 saturated carbocycles. The first-order valence-electron chi connectivity index (χ1n) is 8.34. The second-order valence-corrected chi connectivity index (χ2v) is 6.60. The Morgan fingerprint density at radius 1 is 1.17 bits per heavy atom. The maximum absolute atomic E-state index is 12.1. The van der Waals surface area contributed by atoms with Gasteiger partial charge in [-0.15, -0.1) is 0 Å². The van der Waals surface area contributed by atoms with E-state index in [-0.39, 0.29) is 24.2 Å². The van der Waals surface area contributed by atoms with E-state index in [2.05, 4.69) is 10.6 Å². The van der Waals surface area contributed by atoms with Gasteiger partial charge in [0.15, 0.2) is 0 Å². The summed E-state index contributed by atoms with van der Waals surface area (Å²) in [4.78, 5) is 23.9. The average Bonchev–Trinajstić information content (AvgIpc) is 3.00. The highest BCUT2D eigenvalue weighted by atomic mass is 16.3. The summed E-state index contributed by atoms with van der Waals surface area (Å²) in [6, 6.07) is 7.13. The molecule has 0 spiro atoms. The van der Waals surface area contributed by atoms with E-state index in [0.717, 1.165) is 12.8 Å². The first kappa shape index (κ1) is 17.5. The fourth-order valence-corrected chi connectivity index (χ4v) is 2.68. The third-order valence-electron chi connectivity index (χ3n) is 4.29. The Morgan fingerprint density at radius 3 is 2.35 bits per heavy atom. The third-order valence-corrected chi connectivity index (χ3v) is 4.29. The normalized spacial score (nSPS) is 16.3. The van der Waals surface area contributed by atoms with E-state index in [4.69, 9.17) is 0 Å². The van der Waals surface area contributed by atoms with Crippen LogP contribution >= 0.6 is 0 Å². The van der Waals surface area contributed by atoms with Crippen molar-refractivity contribution in [1.29, 1.82) is 0 Å². The summed E-state index contributed by atoms with van der Waals surface area (Å²) in [5.41, 5.74) is 1.22. The first-order chi connectivity index (χ1) is 11.0. The topological polar surface area (TPSA) is 78.4 Å². The average molecular weight is 318 g/mol. The third kappa shape index (κ3) is 5.36. The smallest absolute Gasteiger partial charge is 0.251 e. The number of hydrogen-bond donors (Lipinski definition) is 3. The highest BCUT2D eigenvalue weighted by molar-refractivity contribution is 5.96. The van der Waals surface area contributed by atoms with Crippen LogP contribution in [0.25, 0.3) is 0 Å². The predicted molar refractivity (Wildman–Crippen MR) is 90.3 cm³/mol. The lowest BCUT2D eigenvalue weighted by molar-refractivity contribution is -0.118. The summed E-state index contributed by atoms with van der Waals surface area (Å²) in [5.74, 6) is -0.248. The van der Waals surface area contributed by atoms with Crippen molar-refractivity contribution in [1.82, 2.24) is 5.32 Å². The van der Waals surface area contributed by atoms with E-state index >= 15 is 0 Å². The SMILES string of the molecule is CC(C)C(O)CC(=O)Nc1ccc(C(=O)NC2CCCC2)cc1. The zero-order chi connectivity index (χ0) is 16.8. The van der Waals surface area contributed by atoms with Crippen molar-refractivity contribution in [3.05, 3.63) is 29.8 Å². The first-order valence-corrected chi connectivity index (χ1v) is 8.34. The Balaban J connectivity index is 1.86. The molecule has 0 bridgehead atoms. The molecule has 0 radical (unpaired) electrons. The van der Waals surface area contributed by atoms with E-state index in [9.17, 15) is 14.7 Å². The number of aliphatic hydroxyl groups is 1. The fraction of sp³-hybridized carbons (Fsp3) is 0.556. The maximum Gasteiger partial charge on any atom is 0.251 e. The van der Waals surface area contributed by atoms with Crippen molar-refractivity contribution in [3.63, 3.8) is 0 Å². The highest BCUT2D eigenvalue weighted by Gasteiger charge is 2.18. The number of aliphatic hydroxyl groups excluding tert-OH is 1.